The molecule has 4 nitrogen and oxygen atoms in total. The molecule has 0 aliphatic rings. The van der Waals surface area contributed by atoms with Crippen molar-refractivity contribution in [1.82, 2.24) is 4.98 Å². The Morgan fingerprint density at radius 3 is 2.47 bits per heavy atom. The molecule has 0 spiro atoms. The van der Waals surface area contributed by atoms with Crippen LogP contribution in [0.3, 0.4) is 0 Å². The van der Waals surface area contributed by atoms with Crippen molar-refractivity contribution in [3.05, 3.63) is 60.4 Å². The Hall–Kier alpha value is -2.36. The number of nitrogens with two attached hydrogens (primary N) is 1. The second kappa shape index (κ2) is 6.54. The molecule has 1 aromatic heterocycles. The number of para-hydroxylation sites is 1. The van der Waals surface area contributed by atoms with Crippen molar-refractivity contribution in [2.45, 2.75) is 13.0 Å². The molecule has 2 rings (SSSR count). The zero-order chi connectivity index (χ0) is 13.5. The largest absolute Gasteiger partial charge is 0.388 e. The molecule has 0 amide bonds. The summed E-state index contributed by atoms with van der Waals surface area (Å²) in [5.41, 5.74) is 7.58. The number of hydrogen-bond acceptors (Lipinski definition) is 3. The minimum atomic E-state index is 0.210. The van der Waals surface area contributed by atoms with Gasteiger partial charge >= 0.3 is 0 Å². The van der Waals surface area contributed by atoms with Gasteiger partial charge in [0.15, 0.2) is 0 Å². The van der Waals surface area contributed by atoms with Gasteiger partial charge in [-0.2, -0.15) is 0 Å². The smallest absolute Gasteiger partial charge is 0.0923 e. The molecule has 4 heteroatoms. The first-order valence-electron chi connectivity index (χ1n) is 6.28. The molecule has 1 aromatic carbocycles. The maximum absolute atomic E-state index is 7.37. The maximum atomic E-state index is 7.37. The van der Waals surface area contributed by atoms with E-state index in [1.54, 1.807) is 6.20 Å². The van der Waals surface area contributed by atoms with Crippen LogP contribution in [0.2, 0.25) is 0 Å². The van der Waals surface area contributed by atoms with E-state index in [0.29, 0.717) is 6.42 Å². The second-order valence-electron chi connectivity index (χ2n) is 4.35. The molecule has 0 atom stereocenters. The van der Waals surface area contributed by atoms with Gasteiger partial charge in [0.2, 0.25) is 0 Å². The molecule has 0 saturated carbocycles. The molecular weight excluding hydrogens is 236 g/mol. The zero-order valence-electron chi connectivity index (χ0n) is 10.8. The summed E-state index contributed by atoms with van der Waals surface area (Å²) in [4.78, 5) is 6.53. The average Bonchev–Trinajstić information content (AvgIpc) is 2.45. The molecule has 1 heterocycles. The van der Waals surface area contributed by atoms with Gasteiger partial charge in [0.1, 0.15) is 0 Å². The first kappa shape index (κ1) is 13.1. The average molecular weight is 254 g/mol. The third-order valence-electron chi connectivity index (χ3n) is 2.85. The molecule has 0 aliphatic carbocycles. The molecular formula is C15H18N4. The Labute approximate surface area is 113 Å². The number of pyridine rings is 1. The molecule has 3 N–H and O–H groups in total. The van der Waals surface area contributed by atoms with Gasteiger partial charge < -0.3 is 10.6 Å². The first-order chi connectivity index (χ1) is 9.25. The van der Waals surface area contributed by atoms with E-state index < -0.39 is 0 Å². The Balaban J connectivity index is 2.12. The van der Waals surface area contributed by atoms with E-state index in [0.717, 1.165) is 24.5 Å². The Morgan fingerprint density at radius 2 is 1.84 bits per heavy atom. The predicted molar refractivity (Wildman–Crippen MR) is 78.3 cm³/mol. The lowest BCUT2D eigenvalue weighted by atomic mass is 10.2. The van der Waals surface area contributed by atoms with Gasteiger partial charge in [0.05, 0.1) is 18.1 Å². The number of nitrogens with one attached hydrogen (secondary N) is 1. The normalized spacial score (nSPS) is 10.1. The lowest BCUT2D eigenvalue weighted by molar-refractivity contribution is 0.784. The molecule has 0 bridgehead atoms. The van der Waals surface area contributed by atoms with Crippen LogP contribution in [-0.2, 0) is 6.54 Å². The van der Waals surface area contributed by atoms with Gasteiger partial charge in [-0.3, -0.25) is 10.4 Å². The van der Waals surface area contributed by atoms with E-state index in [-0.39, 0.29) is 5.84 Å². The van der Waals surface area contributed by atoms with Gasteiger partial charge in [-0.05, 0) is 24.3 Å². The Kier molecular flexibility index (Phi) is 4.50. The Bertz CT molecular complexity index is 510. The van der Waals surface area contributed by atoms with E-state index in [1.165, 1.54) is 0 Å². The van der Waals surface area contributed by atoms with Gasteiger partial charge in [0, 0.05) is 24.8 Å². The van der Waals surface area contributed by atoms with E-state index >= 15 is 0 Å². The van der Waals surface area contributed by atoms with Gasteiger partial charge in [-0.15, -0.1) is 0 Å². The van der Waals surface area contributed by atoms with Crippen molar-refractivity contribution >= 4 is 11.5 Å². The highest BCUT2D eigenvalue weighted by Crippen LogP contribution is 2.16. The number of hydrogen-bond donors (Lipinski definition) is 2. The topological polar surface area (TPSA) is 66.0 Å². The van der Waals surface area contributed by atoms with Crippen LogP contribution in [0, 0.1) is 5.41 Å². The number of anilines is 1. The maximum Gasteiger partial charge on any atom is 0.0923 e. The molecule has 0 radical (unpaired) electrons. The third kappa shape index (κ3) is 4.10. The van der Waals surface area contributed by atoms with Crippen LogP contribution in [0.1, 0.15) is 12.1 Å². The highest BCUT2D eigenvalue weighted by molar-refractivity contribution is 5.77. The van der Waals surface area contributed by atoms with Crippen molar-refractivity contribution in [3.63, 3.8) is 0 Å². The quantitative estimate of drug-likeness (QED) is 0.614. The number of aromatic nitrogens is 1. The molecule has 0 aliphatic heterocycles. The van der Waals surface area contributed by atoms with Crippen molar-refractivity contribution in [3.8, 4) is 0 Å². The SMILES string of the molecule is N=C(N)CCN(Cc1ccccn1)c1ccccc1. The van der Waals surface area contributed by atoms with Crippen LogP contribution in [0.4, 0.5) is 5.69 Å². The second-order valence-corrected chi connectivity index (χ2v) is 4.35. The molecule has 98 valence electrons. The van der Waals surface area contributed by atoms with Crippen LogP contribution in [-0.4, -0.2) is 17.4 Å². The predicted octanol–water partition coefficient (Wildman–Crippen LogP) is 2.41. The van der Waals surface area contributed by atoms with Crippen molar-refractivity contribution in [2.24, 2.45) is 5.73 Å². The van der Waals surface area contributed by atoms with Crippen LogP contribution >= 0.6 is 0 Å². The van der Waals surface area contributed by atoms with Crippen LogP contribution in [0.25, 0.3) is 0 Å². The Morgan fingerprint density at radius 1 is 1.11 bits per heavy atom. The van der Waals surface area contributed by atoms with Gasteiger partial charge in [-0.1, -0.05) is 24.3 Å². The van der Waals surface area contributed by atoms with Gasteiger partial charge in [0.25, 0.3) is 0 Å². The minimum absolute atomic E-state index is 0.210. The summed E-state index contributed by atoms with van der Waals surface area (Å²) < 4.78 is 0. The van der Waals surface area contributed by atoms with Gasteiger partial charge in [-0.25, -0.2) is 0 Å². The summed E-state index contributed by atoms with van der Waals surface area (Å²) in [5, 5.41) is 7.37. The molecule has 2 aromatic rings. The molecule has 19 heavy (non-hydrogen) atoms. The fourth-order valence-electron chi connectivity index (χ4n) is 1.88. The van der Waals surface area contributed by atoms with E-state index in [2.05, 4.69) is 22.0 Å². The molecule has 0 fully saturated rings. The van der Waals surface area contributed by atoms with Crippen molar-refractivity contribution < 1.29 is 0 Å². The van der Waals surface area contributed by atoms with Crippen molar-refractivity contribution in [1.29, 1.82) is 5.41 Å². The monoisotopic (exact) mass is 254 g/mol. The number of rotatable bonds is 6. The summed E-state index contributed by atoms with van der Waals surface area (Å²) in [7, 11) is 0. The van der Waals surface area contributed by atoms with E-state index in [1.807, 2.05) is 36.4 Å². The van der Waals surface area contributed by atoms with Crippen LogP contribution in [0.15, 0.2) is 54.7 Å². The van der Waals surface area contributed by atoms with E-state index in [9.17, 15) is 0 Å². The van der Waals surface area contributed by atoms with Crippen molar-refractivity contribution in [2.75, 3.05) is 11.4 Å². The highest BCUT2D eigenvalue weighted by atomic mass is 15.1. The highest BCUT2D eigenvalue weighted by Gasteiger charge is 2.08. The number of nitrogens with zero attached hydrogens (tertiary/aromatic N) is 2. The molecule has 0 saturated heterocycles. The standard InChI is InChI=1S/C15H18N4/c16-15(17)9-11-19(14-7-2-1-3-8-14)12-13-6-4-5-10-18-13/h1-8,10H,9,11-12H2,(H3,16,17). The number of benzene rings is 1. The minimum Gasteiger partial charge on any atom is -0.388 e. The van der Waals surface area contributed by atoms with E-state index in [4.69, 9.17) is 11.1 Å². The van der Waals surface area contributed by atoms with Crippen LogP contribution in [0.5, 0.6) is 0 Å². The zero-order valence-corrected chi connectivity index (χ0v) is 10.8. The fourth-order valence-corrected chi connectivity index (χ4v) is 1.88. The summed E-state index contributed by atoms with van der Waals surface area (Å²) in [5.74, 6) is 0.210. The summed E-state index contributed by atoms with van der Waals surface area (Å²) >= 11 is 0. The van der Waals surface area contributed by atoms with Crippen LogP contribution < -0.4 is 10.6 Å². The third-order valence-corrected chi connectivity index (χ3v) is 2.85. The number of amidine groups is 1. The lowest BCUT2D eigenvalue weighted by Gasteiger charge is -2.24. The lowest BCUT2D eigenvalue weighted by Crippen LogP contribution is -2.27. The fraction of sp³-hybridized carbons (Fsp3) is 0.200. The first-order valence-corrected chi connectivity index (χ1v) is 6.28. The summed E-state index contributed by atoms with van der Waals surface area (Å²) in [6, 6.07) is 16.0. The molecule has 0 unspecified atom stereocenters. The summed E-state index contributed by atoms with van der Waals surface area (Å²) in [6.45, 7) is 1.44. The summed E-state index contributed by atoms with van der Waals surface area (Å²) in [6.07, 6.45) is 2.35.